The smallest absolute Gasteiger partial charge is 0.315 e. The molecule has 0 bridgehead atoms. The summed E-state index contributed by atoms with van der Waals surface area (Å²) in [6, 6.07) is 14.9. The Balaban J connectivity index is 1.29. The Hall–Kier alpha value is -4.80. The van der Waals surface area contributed by atoms with Gasteiger partial charge in [-0.15, -0.1) is 0 Å². The highest BCUT2D eigenvalue weighted by molar-refractivity contribution is 5.98. The van der Waals surface area contributed by atoms with Crippen LogP contribution in [-0.4, -0.2) is 38.7 Å². The van der Waals surface area contributed by atoms with Crippen molar-refractivity contribution in [1.82, 2.24) is 25.2 Å². The van der Waals surface area contributed by atoms with Gasteiger partial charge in [-0.25, -0.2) is 13.9 Å². The standard InChI is InChI=1S/C26H22FN5O5/c1-15(27)36-19-4-2-3-16(10-19)13-29-26(35)21-12-20(31-23-7-8-30-32(21)23)25(34)28-14-17-5-6-22-18(9-17)11-24(33)37-22/h2-10,12,15H,11,13-14H2,1H3,(H,28,34)(H,29,35). The third kappa shape index (κ3) is 5.40. The first-order chi connectivity index (χ1) is 17.9. The van der Waals surface area contributed by atoms with Crippen LogP contribution in [0.2, 0.25) is 0 Å². The number of aromatic nitrogens is 3. The Morgan fingerprint density at radius 1 is 1.08 bits per heavy atom. The van der Waals surface area contributed by atoms with Crippen LogP contribution in [0.4, 0.5) is 4.39 Å². The maximum absolute atomic E-state index is 13.1. The molecular formula is C26H22FN5O5. The number of benzene rings is 2. The number of carbonyl (C=O) groups is 3. The van der Waals surface area contributed by atoms with Crippen LogP contribution in [0.3, 0.4) is 0 Å². The van der Waals surface area contributed by atoms with Crippen molar-refractivity contribution < 1.29 is 28.2 Å². The second-order valence-electron chi connectivity index (χ2n) is 8.39. The number of ether oxygens (including phenoxy) is 2. The lowest BCUT2D eigenvalue weighted by molar-refractivity contribution is -0.131. The van der Waals surface area contributed by atoms with E-state index < -0.39 is 18.2 Å². The first kappa shape index (κ1) is 23.9. The van der Waals surface area contributed by atoms with E-state index in [2.05, 4.69) is 20.7 Å². The van der Waals surface area contributed by atoms with E-state index in [9.17, 15) is 18.8 Å². The molecule has 0 fully saturated rings. The normalized spacial score (nSPS) is 13.1. The Labute approximate surface area is 210 Å². The van der Waals surface area contributed by atoms with Crippen LogP contribution in [-0.2, 0) is 24.3 Å². The highest BCUT2D eigenvalue weighted by Gasteiger charge is 2.21. The molecule has 11 heteroatoms. The van der Waals surface area contributed by atoms with Gasteiger partial charge in [-0.3, -0.25) is 14.4 Å². The Bertz CT molecular complexity index is 1520. The van der Waals surface area contributed by atoms with Gasteiger partial charge in [-0.05, 0) is 35.4 Å². The minimum absolute atomic E-state index is 0.0464. The summed E-state index contributed by atoms with van der Waals surface area (Å²) in [5, 5.41) is 9.70. The Morgan fingerprint density at radius 3 is 2.68 bits per heavy atom. The Morgan fingerprint density at radius 2 is 1.86 bits per heavy atom. The molecule has 37 heavy (non-hydrogen) atoms. The van der Waals surface area contributed by atoms with Gasteiger partial charge in [0.15, 0.2) is 5.65 Å². The summed E-state index contributed by atoms with van der Waals surface area (Å²) < 4.78 is 24.6. The third-order valence-electron chi connectivity index (χ3n) is 5.61. The number of halogens is 1. The van der Waals surface area contributed by atoms with Crippen molar-refractivity contribution in [2.75, 3.05) is 0 Å². The van der Waals surface area contributed by atoms with E-state index in [0.717, 1.165) is 11.1 Å². The molecule has 10 nitrogen and oxygen atoms in total. The predicted octanol–water partition coefficient (Wildman–Crippen LogP) is 2.75. The fourth-order valence-electron chi connectivity index (χ4n) is 3.95. The molecule has 1 aliphatic heterocycles. The summed E-state index contributed by atoms with van der Waals surface area (Å²) in [6.07, 6.45) is 0.217. The van der Waals surface area contributed by atoms with Gasteiger partial charge in [-0.2, -0.15) is 5.10 Å². The second kappa shape index (κ2) is 10.1. The number of hydrogen-bond acceptors (Lipinski definition) is 7. The fraction of sp³-hybridized carbons (Fsp3) is 0.192. The number of fused-ring (bicyclic) bond motifs is 2. The molecule has 1 aliphatic rings. The highest BCUT2D eigenvalue weighted by atomic mass is 19.1. The molecular weight excluding hydrogens is 481 g/mol. The van der Waals surface area contributed by atoms with E-state index in [0.29, 0.717) is 22.7 Å². The van der Waals surface area contributed by atoms with Crippen LogP contribution in [0, 0.1) is 0 Å². The van der Waals surface area contributed by atoms with Gasteiger partial charge in [-0.1, -0.05) is 18.2 Å². The predicted molar refractivity (Wildman–Crippen MR) is 129 cm³/mol. The molecule has 0 aliphatic carbocycles. The van der Waals surface area contributed by atoms with Gasteiger partial charge in [0.05, 0.1) is 12.6 Å². The van der Waals surface area contributed by atoms with Gasteiger partial charge in [0.25, 0.3) is 11.8 Å². The van der Waals surface area contributed by atoms with E-state index in [1.54, 1.807) is 48.5 Å². The number of amides is 2. The van der Waals surface area contributed by atoms with Crippen molar-refractivity contribution in [3.05, 3.63) is 88.9 Å². The first-order valence-electron chi connectivity index (χ1n) is 11.5. The van der Waals surface area contributed by atoms with Crippen molar-refractivity contribution in [3.8, 4) is 11.5 Å². The average molecular weight is 503 g/mol. The molecule has 1 unspecified atom stereocenters. The maximum atomic E-state index is 13.1. The zero-order valence-corrected chi connectivity index (χ0v) is 19.7. The molecule has 188 valence electrons. The van der Waals surface area contributed by atoms with Crippen molar-refractivity contribution in [2.45, 2.75) is 32.8 Å². The van der Waals surface area contributed by atoms with Crippen LogP contribution in [0.1, 0.15) is 44.6 Å². The second-order valence-corrected chi connectivity index (χ2v) is 8.39. The topological polar surface area (TPSA) is 124 Å². The minimum Gasteiger partial charge on any atom is -0.461 e. The van der Waals surface area contributed by atoms with Crippen LogP contribution in [0.5, 0.6) is 11.5 Å². The number of alkyl halides is 1. The lowest BCUT2D eigenvalue weighted by atomic mass is 10.1. The number of nitrogens with one attached hydrogen (secondary N) is 2. The van der Waals surface area contributed by atoms with Crippen LogP contribution in [0.25, 0.3) is 5.65 Å². The van der Waals surface area contributed by atoms with Gasteiger partial charge in [0, 0.05) is 37.7 Å². The maximum Gasteiger partial charge on any atom is 0.315 e. The zero-order valence-electron chi connectivity index (χ0n) is 19.7. The van der Waals surface area contributed by atoms with Crippen molar-refractivity contribution in [2.24, 2.45) is 0 Å². The number of hydrogen-bond donors (Lipinski definition) is 2. The molecule has 5 rings (SSSR count). The molecule has 0 radical (unpaired) electrons. The zero-order chi connectivity index (χ0) is 25.9. The molecule has 3 heterocycles. The molecule has 2 aromatic carbocycles. The summed E-state index contributed by atoms with van der Waals surface area (Å²) >= 11 is 0. The van der Waals surface area contributed by atoms with Crippen LogP contribution in [0.15, 0.2) is 60.8 Å². The van der Waals surface area contributed by atoms with E-state index >= 15 is 0 Å². The van der Waals surface area contributed by atoms with Crippen molar-refractivity contribution in [1.29, 1.82) is 0 Å². The quantitative estimate of drug-likeness (QED) is 0.280. The monoisotopic (exact) mass is 503 g/mol. The molecule has 0 saturated heterocycles. The molecule has 2 aromatic heterocycles. The van der Waals surface area contributed by atoms with Crippen molar-refractivity contribution >= 4 is 23.4 Å². The summed E-state index contributed by atoms with van der Waals surface area (Å²) in [4.78, 5) is 41.7. The summed E-state index contributed by atoms with van der Waals surface area (Å²) in [5.41, 5.74) is 2.77. The molecule has 0 spiro atoms. The first-order valence-corrected chi connectivity index (χ1v) is 11.5. The minimum atomic E-state index is -1.46. The van der Waals surface area contributed by atoms with E-state index in [4.69, 9.17) is 9.47 Å². The van der Waals surface area contributed by atoms with Gasteiger partial charge >= 0.3 is 5.97 Å². The molecule has 4 aromatic rings. The number of rotatable bonds is 8. The molecule has 2 N–H and O–H groups in total. The van der Waals surface area contributed by atoms with E-state index in [-0.39, 0.29) is 36.9 Å². The summed E-state index contributed by atoms with van der Waals surface area (Å²) in [7, 11) is 0. The largest absolute Gasteiger partial charge is 0.461 e. The molecule has 1 atom stereocenters. The fourth-order valence-corrected chi connectivity index (χ4v) is 3.95. The van der Waals surface area contributed by atoms with Crippen LogP contribution >= 0.6 is 0 Å². The molecule has 0 saturated carbocycles. The lowest BCUT2D eigenvalue weighted by Crippen LogP contribution is -2.28. The SMILES string of the molecule is CC(F)Oc1cccc(CNC(=O)c2cc(C(=O)NCc3ccc4c(c3)CC(=O)O4)nc3ccnn23)c1. The van der Waals surface area contributed by atoms with Gasteiger partial charge in [0.1, 0.15) is 22.9 Å². The number of carbonyl (C=O) groups excluding carboxylic acids is 3. The third-order valence-corrected chi connectivity index (χ3v) is 5.61. The van der Waals surface area contributed by atoms with E-state index in [1.807, 2.05) is 0 Å². The highest BCUT2D eigenvalue weighted by Crippen LogP contribution is 2.26. The average Bonchev–Trinajstić information content (AvgIpc) is 3.50. The van der Waals surface area contributed by atoms with Gasteiger partial charge in [0.2, 0.25) is 6.36 Å². The van der Waals surface area contributed by atoms with Crippen LogP contribution < -0.4 is 20.1 Å². The summed E-state index contributed by atoms with van der Waals surface area (Å²) in [6.45, 7) is 1.63. The van der Waals surface area contributed by atoms with Crippen molar-refractivity contribution in [3.63, 3.8) is 0 Å². The molecule has 2 amide bonds. The summed E-state index contributed by atoms with van der Waals surface area (Å²) in [5.74, 6) is -0.383. The Kier molecular flexibility index (Phi) is 6.50. The number of nitrogens with zero attached hydrogens (tertiary/aromatic N) is 3. The van der Waals surface area contributed by atoms with Gasteiger partial charge < -0.3 is 20.1 Å². The number of esters is 1. The lowest BCUT2D eigenvalue weighted by Gasteiger charge is -2.11. The van der Waals surface area contributed by atoms with E-state index in [1.165, 1.54) is 23.7 Å².